The molecule has 6 heteroatoms. The number of benzene rings is 3. The lowest BCUT2D eigenvalue weighted by molar-refractivity contribution is 0.230. The van der Waals surface area contributed by atoms with Crippen LogP contribution in [0.1, 0.15) is 22.6 Å². The predicted molar refractivity (Wildman–Crippen MR) is 140 cm³/mol. The minimum Gasteiger partial charge on any atom is -0.440 e. The van der Waals surface area contributed by atoms with Crippen molar-refractivity contribution >= 4 is 29.3 Å². The van der Waals surface area contributed by atoms with Gasteiger partial charge >= 0.3 is 0 Å². The van der Waals surface area contributed by atoms with Gasteiger partial charge in [0.15, 0.2) is 0 Å². The highest BCUT2D eigenvalue weighted by atomic mass is 35.5. The van der Waals surface area contributed by atoms with E-state index in [1.54, 1.807) is 0 Å². The van der Waals surface area contributed by atoms with E-state index in [0.717, 1.165) is 34.6 Å². The van der Waals surface area contributed by atoms with Crippen LogP contribution >= 0.6 is 23.2 Å². The fraction of sp³-hybridized carbons (Fsp3) is 0.138. The minimum absolute atomic E-state index is 0.143. The van der Waals surface area contributed by atoms with Crippen molar-refractivity contribution < 1.29 is 4.74 Å². The van der Waals surface area contributed by atoms with Gasteiger partial charge < -0.3 is 10.5 Å². The predicted octanol–water partition coefficient (Wildman–Crippen LogP) is 6.65. The maximum atomic E-state index is 10.0. The average molecular weight is 500 g/mol. The summed E-state index contributed by atoms with van der Waals surface area (Å²) in [4.78, 5) is 2.36. The Labute approximate surface area is 215 Å². The van der Waals surface area contributed by atoms with Crippen LogP contribution in [0.3, 0.4) is 0 Å². The highest BCUT2D eigenvalue weighted by Gasteiger charge is 2.37. The molecule has 2 aliphatic heterocycles. The van der Waals surface area contributed by atoms with E-state index >= 15 is 0 Å². The Balaban J connectivity index is 1.62. The standard InChI is InChI=1S/C29H23Cl2N3O/c30-23-10-6-19(7-11-23)14-22-17-34(16-20-4-2-1-3-5-20)18-26-27(21-8-12-24(31)13-9-21)25(15-32)29(33)35-28(22)26/h1-14,27H,16-18,33H2/b22-14+/t27-/m0/s1. The molecule has 0 aliphatic carbocycles. The van der Waals surface area contributed by atoms with Crippen LogP contribution < -0.4 is 5.73 Å². The van der Waals surface area contributed by atoms with Crippen LogP contribution in [0, 0.1) is 11.3 Å². The summed E-state index contributed by atoms with van der Waals surface area (Å²) in [5.41, 5.74) is 11.9. The maximum absolute atomic E-state index is 10.0. The number of halogens is 2. The summed E-state index contributed by atoms with van der Waals surface area (Å²) in [6.45, 7) is 2.09. The molecule has 35 heavy (non-hydrogen) atoms. The summed E-state index contributed by atoms with van der Waals surface area (Å²) in [7, 11) is 0. The van der Waals surface area contributed by atoms with Crippen LogP contribution in [-0.4, -0.2) is 18.0 Å². The SMILES string of the molecule is N#CC1=C(N)OC2=C(CN(Cc3ccccc3)C/C2=C\c2ccc(Cl)cc2)[C@H]1c1ccc(Cl)cc1. The Morgan fingerprint density at radius 1 is 0.943 bits per heavy atom. The molecule has 2 aliphatic rings. The quantitative estimate of drug-likeness (QED) is 0.436. The molecule has 0 saturated carbocycles. The van der Waals surface area contributed by atoms with Gasteiger partial charge in [-0.25, -0.2) is 0 Å². The summed E-state index contributed by atoms with van der Waals surface area (Å²) in [5.74, 6) is 0.568. The lowest BCUT2D eigenvalue weighted by Gasteiger charge is -2.38. The van der Waals surface area contributed by atoms with Gasteiger partial charge in [-0.1, -0.05) is 77.8 Å². The molecule has 0 bridgehead atoms. The van der Waals surface area contributed by atoms with Gasteiger partial charge in [0.1, 0.15) is 17.4 Å². The number of nitrogens with zero attached hydrogens (tertiary/aromatic N) is 2. The van der Waals surface area contributed by atoms with Crippen molar-refractivity contribution in [1.29, 1.82) is 5.26 Å². The Kier molecular flexibility index (Phi) is 6.66. The van der Waals surface area contributed by atoms with Crippen LogP contribution in [0.25, 0.3) is 6.08 Å². The molecule has 0 saturated heterocycles. The smallest absolute Gasteiger partial charge is 0.205 e. The zero-order valence-corrected chi connectivity index (χ0v) is 20.4. The van der Waals surface area contributed by atoms with Crippen molar-refractivity contribution in [3.63, 3.8) is 0 Å². The number of allylic oxidation sites excluding steroid dienone is 1. The number of hydrogen-bond acceptors (Lipinski definition) is 4. The highest BCUT2D eigenvalue weighted by molar-refractivity contribution is 6.30. The summed E-state index contributed by atoms with van der Waals surface area (Å²) >= 11 is 12.3. The van der Waals surface area contributed by atoms with Gasteiger partial charge in [0.05, 0.1) is 5.92 Å². The molecule has 174 valence electrons. The van der Waals surface area contributed by atoms with E-state index in [9.17, 15) is 5.26 Å². The first-order chi connectivity index (χ1) is 17.0. The fourth-order valence-corrected chi connectivity index (χ4v) is 4.94. The molecule has 0 aromatic heterocycles. The average Bonchev–Trinajstić information content (AvgIpc) is 2.86. The molecule has 0 radical (unpaired) electrons. The first-order valence-electron chi connectivity index (χ1n) is 11.3. The summed E-state index contributed by atoms with van der Waals surface area (Å²) in [5, 5.41) is 11.3. The van der Waals surface area contributed by atoms with Crippen LogP contribution in [0.15, 0.2) is 107 Å². The van der Waals surface area contributed by atoms with Gasteiger partial charge in [0, 0.05) is 35.3 Å². The normalized spacial score (nSPS) is 19.3. The molecular weight excluding hydrogens is 477 g/mol. The van der Waals surface area contributed by atoms with E-state index in [0.29, 0.717) is 28.7 Å². The zero-order valence-electron chi connectivity index (χ0n) is 18.9. The third kappa shape index (κ3) is 4.99. The highest BCUT2D eigenvalue weighted by Crippen LogP contribution is 2.44. The number of hydrogen-bond donors (Lipinski definition) is 1. The van der Waals surface area contributed by atoms with E-state index in [1.165, 1.54) is 5.56 Å². The third-order valence-corrected chi connectivity index (χ3v) is 6.77. The largest absolute Gasteiger partial charge is 0.440 e. The Bertz CT molecular complexity index is 1370. The molecule has 2 heterocycles. The van der Waals surface area contributed by atoms with Crippen molar-refractivity contribution in [1.82, 2.24) is 4.90 Å². The van der Waals surface area contributed by atoms with Crippen LogP contribution in [0.4, 0.5) is 0 Å². The van der Waals surface area contributed by atoms with E-state index < -0.39 is 0 Å². The van der Waals surface area contributed by atoms with E-state index in [-0.39, 0.29) is 11.8 Å². The van der Waals surface area contributed by atoms with Gasteiger partial charge in [-0.2, -0.15) is 5.26 Å². The van der Waals surface area contributed by atoms with Crippen molar-refractivity contribution in [2.75, 3.05) is 13.1 Å². The van der Waals surface area contributed by atoms with E-state index in [1.807, 2.05) is 66.7 Å². The molecule has 3 aromatic carbocycles. The maximum Gasteiger partial charge on any atom is 0.205 e. The lowest BCUT2D eigenvalue weighted by atomic mass is 9.80. The number of nitrogens with two attached hydrogens (primary N) is 1. The second kappa shape index (κ2) is 10.0. The van der Waals surface area contributed by atoms with Crippen molar-refractivity contribution in [2.24, 2.45) is 5.73 Å². The number of ether oxygens (including phenoxy) is 1. The number of nitriles is 1. The van der Waals surface area contributed by atoms with Crippen molar-refractivity contribution in [3.8, 4) is 6.07 Å². The summed E-state index contributed by atoms with van der Waals surface area (Å²) in [6, 6.07) is 27.9. The molecule has 0 unspecified atom stereocenters. The molecule has 4 nitrogen and oxygen atoms in total. The molecule has 0 amide bonds. The van der Waals surface area contributed by atoms with Crippen LogP contribution in [0.2, 0.25) is 10.0 Å². The zero-order chi connectivity index (χ0) is 24.4. The third-order valence-electron chi connectivity index (χ3n) is 6.27. The molecule has 5 rings (SSSR count). The minimum atomic E-state index is -0.312. The second-order valence-electron chi connectivity index (χ2n) is 8.68. The lowest BCUT2D eigenvalue weighted by Crippen LogP contribution is -2.37. The van der Waals surface area contributed by atoms with Gasteiger partial charge in [0.25, 0.3) is 0 Å². The molecule has 2 N–H and O–H groups in total. The topological polar surface area (TPSA) is 62.3 Å². The molecular formula is C29H23Cl2N3O. The summed E-state index contributed by atoms with van der Waals surface area (Å²) in [6.07, 6.45) is 2.10. The molecule has 3 aromatic rings. The Morgan fingerprint density at radius 3 is 2.26 bits per heavy atom. The first-order valence-corrected chi connectivity index (χ1v) is 12.1. The number of rotatable bonds is 4. The monoisotopic (exact) mass is 499 g/mol. The molecule has 0 spiro atoms. The Morgan fingerprint density at radius 2 is 1.60 bits per heavy atom. The van der Waals surface area contributed by atoms with Gasteiger partial charge in [-0.3, -0.25) is 4.90 Å². The van der Waals surface area contributed by atoms with Crippen molar-refractivity contribution in [2.45, 2.75) is 12.5 Å². The Hall–Kier alpha value is -3.49. The first kappa shape index (κ1) is 23.3. The second-order valence-corrected chi connectivity index (χ2v) is 9.56. The summed E-state index contributed by atoms with van der Waals surface area (Å²) < 4.78 is 6.14. The van der Waals surface area contributed by atoms with Crippen LogP contribution in [0.5, 0.6) is 0 Å². The fourth-order valence-electron chi connectivity index (χ4n) is 4.69. The van der Waals surface area contributed by atoms with E-state index in [4.69, 9.17) is 33.7 Å². The van der Waals surface area contributed by atoms with Gasteiger partial charge in [0.2, 0.25) is 5.88 Å². The van der Waals surface area contributed by atoms with E-state index in [2.05, 4.69) is 29.2 Å². The van der Waals surface area contributed by atoms with Crippen molar-refractivity contribution in [3.05, 3.63) is 134 Å². The van der Waals surface area contributed by atoms with Gasteiger partial charge in [-0.05, 0) is 52.6 Å². The molecule has 0 fully saturated rings. The van der Waals surface area contributed by atoms with Gasteiger partial charge in [-0.15, -0.1) is 0 Å². The van der Waals surface area contributed by atoms with Crippen LogP contribution in [-0.2, 0) is 11.3 Å². The molecule has 1 atom stereocenters.